The molecule has 31 heavy (non-hydrogen) atoms. The van der Waals surface area contributed by atoms with Crippen LogP contribution in [0.15, 0.2) is 53.2 Å². The summed E-state index contributed by atoms with van der Waals surface area (Å²) in [5.41, 5.74) is 0.935. The number of rotatable bonds is 6. The Morgan fingerprint density at radius 3 is 2.58 bits per heavy atom. The van der Waals surface area contributed by atoms with E-state index < -0.39 is 22.1 Å². The van der Waals surface area contributed by atoms with E-state index in [4.69, 9.17) is 4.74 Å². The predicted molar refractivity (Wildman–Crippen MR) is 102 cm³/mol. The van der Waals surface area contributed by atoms with Gasteiger partial charge in [0.2, 0.25) is 21.7 Å². The molecule has 0 unspecified atom stereocenters. The molecule has 0 radical (unpaired) electrons. The highest BCUT2D eigenvalue weighted by Gasteiger charge is 2.38. The van der Waals surface area contributed by atoms with E-state index >= 15 is 0 Å². The van der Waals surface area contributed by atoms with E-state index in [1.54, 1.807) is 24.3 Å². The van der Waals surface area contributed by atoms with Gasteiger partial charge >= 0.3 is 12.1 Å². The quantitative estimate of drug-likeness (QED) is 0.564. The van der Waals surface area contributed by atoms with E-state index in [9.17, 15) is 21.6 Å². The number of aromatic nitrogens is 3. The number of ether oxygens (including phenoxy) is 1. The predicted octanol–water partition coefficient (Wildman–Crippen LogP) is 3.13. The maximum Gasteiger partial charge on any atom is 0.471 e. The molecule has 164 valence electrons. The molecule has 1 aromatic carbocycles. The first kappa shape index (κ1) is 21.2. The summed E-state index contributed by atoms with van der Waals surface area (Å²) < 4.78 is 74.3. The molecule has 1 saturated heterocycles. The summed E-state index contributed by atoms with van der Waals surface area (Å²) in [6, 6.07) is 11.8. The van der Waals surface area contributed by atoms with E-state index in [0.29, 0.717) is 18.5 Å². The minimum atomic E-state index is -4.73. The molecule has 3 aromatic rings. The van der Waals surface area contributed by atoms with E-state index in [2.05, 4.69) is 19.6 Å². The van der Waals surface area contributed by atoms with Crippen LogP contribution in [0.25, 0.3) is 11.4 Å². The Morgan fingerprint density at radius 2 is 1.94 bits per heavy atom. The summed E-state index contributed by atoms with van der Waals surface area (Å²) in [6.45, 7) is 0.527. The molecule has 0 spiro atoms. The monoisotopic (exact) mass is 454 g/mol. The second kappa shape index (κ2) is 8.27. The van der Waals surface area contributed by atoms with Crippen LogP contribution in [0, 0.1) is 0 Å². The summed E-state index contributed by atoms with van der Waals surface area (Å²) in [7, 11) is -3.48. The summed E-state index contributed by atoms with van der Waals surface area (Å²) in [4.78, 5) is 7.35. The third-order valence-corrected chi connectivity index (χ3v) is 6.46. The van der Waals surface area contributed by atoms with E-state index in [-0.39, 0.29) is 35.7 Å². The van der Waals surface area contributed by atoms with Crippen LogP contribution in [0.2, 0.25) is 0 Å². The fourth-order valence-corrected chi connectivity index (χ4v) is 4.70. The van der Waals surface area contributed by atoms with Gasteiger partial charge in [0.05, 0.1) is 12.3 Å². The van der Waals surface area contributed by atoms with Crippen molar-refractivity contribution in [2.75, 3.05) is 13.1 Å². The average molecular weight is 454 g/mol. The number of sulfonamides is 1. The molecule has 8 nitrogen and oxygen atoms in total. The zero-order chi connectivity index (χ0) is 22.1. The lowest BCUT2D eigenvalue weighted by Crippen LogP contribution is -2.32. The second-order valence-corrected chi connectivity index (χ2v) is 8.90. The molecule has 0 bridgehead atoms. The van der Waals surface area contributed by atoms with Gasteiger partial charge in [-0.2, -0.15) is 22.5 Å². The van der Waals surface area contributed by atoms with Crippen LogP contribution in [-0.4, -0.2) is 47.0 Å². The lowest BCUT2D eigenvalue weighted by molar-refractivity contribution is -0.159. The molecular weight excluding hydrogens is 437 g/mol. The molecule has 0 aliphatic carbocycles. The largest absolute Gasteiger partial charge is 0.473 e. The Hall–Kier alpha value is -2.99. The van der Waals surface area contributed by atoms with Gasteiger partial charge in [0.1, 0.15) is 6.10 Å². The molecule has 0 amide bonds. The van der Waals surface area contributed by atoms with Crippen LogP contribution >= 0.6 is 0 Å². The van der Waals surface area contributed by atoms with Crippen LogP contribution < -0.4 is 4.74 Å². The number of benzene rings is 1. The number of pyridine rings is 1. The lowest BCUT2D eigenvalue weighted by Gasteiger charge is -2.17. The minimum absolute atomic E-state index is 0.0852. The van der Waals surface area contributed by atoms with Crippen molar-refractivity contribution in [1.29, 1.82) is 0 Å². The maximum atomic E-state index is 12.6. The third-order valence-electron chi connectivity index (χ3n) is 4.64. The zero-order valence-corrected chi connectivity index (χ0v) is 16.8. The van der Waals surface area contributed by atoms with E-state index in [0.717, 1.165) is 0 Å². The summed E-state index contributed by atoms with van der Waals surface area (Å²) in [5.74, 6) is -1.55. The second-order valence-electron chi connectivity index (χ2n) is 6.93. The minimum Gasteiger partial charge on any atom is -0.473 e. The molecule has 0 N–H and O–H groups in total. The van der Waals surface area contributed by atoms with Gasteiger partial charge in [-0.1, -0.05) is 35.5 Å². The van der Waals surface area contributed by atoms with Crippen molar-refractivity contribution in [1.82, 2.24) is 19.4 Å². The summed E-state index contributed by atoms with van der Waals surface area (Å²) >= 11 is 0. The Bertz CT molecular complexity index is 1130. The molecule has 1 fully saturated rings. The van der Waals surface area contributed by atoms with Gasteiger partial charge in [0.25, 0.3) is 0 Å². The summed E-state index contributed by atoms with van der Waals surface area (Å²) in [6.07, 6.45) is -3.35. The number of nitrogens with zero attached hydrogens (tertiary/aromatic N) is 4. The molecule has 1 aliphatic rings. The fourth-order valence-electron chi connectivity index (χ4n) is 3.13. The first-order valence-corrected chi connectivity index (χ1v) is 10.9. The molecule has 0 saturated carbocycles. The highest BCUT2D eigenvalue weighted by Crippen LogP contribution is 2.29. The zero-order valence-electron chi connectivity index (χ0n) is 16.0. The smallest absolute Gasteiger partial charge is 0.471 e. The number of halogens is 3. The number of alkyl halides is 3. The van der Waals surface area contributed by atoms with Crippen molar-refractivity contribution >= 4 is 10.0 Å². The Balaban J connectivity index is 1.36. The van der Waals surface area contributed by atoms with Crippen LogP contribution in [-0.2, 0) is 22.0 Å². The Kier molecular flexibility index (Phi) is 5.67. The van der Waals surface area contributed by atoms with Crippen molar-refractivity contribution < 1.29 is 30.8 Å². The molecule has 12 heteroatoms. The standard InChI is InChI=1S/C19H17F3N4O4S/c20-19(21,22)18-24-17(25-30-18)14-6-7-16(23-10-14)29-15-8-9-26(11-15)31(27,28)12-13-4-2-1-3-5-13/h1-7,10,15H,8-9,11-12H2/t15-/m1/s1. The molecule has 1 aliphatic heterocycles. The fraction of sp³-hybridized carbons (Fsp3) is 0.316. The molecule has 1 atom stereocenters. The van der Waals surface area contributed by atoms with Gasteiger partial charge in [-0.15, -0.1) is 0 Å². The Labute approximate surface area is 175 Å². The third kappa shape index (κ3) is 5.02. The van der Waals surface area contributed by atoms with Gasteiger partial charge < -0.3 is 9.26 Å². The molecule has 3 heterocycles. The molecular formula is C19H17F3N4O4S. The maximum absolute atomic E-state index is 12.6. The van der Waals surface area contributed by atoms with Crippen molar-refractivity contribution in [3.05, 3.63) is 60.1 Å². The topological polar surface area (TPSA) is 98.4 Å². The van der Waals surface area contributed by atoms with Gasteiger partial charge in [0, 0.05) is 24.4 Å². The SMILES string of the molecule is O=S(=O)(Cc1ccccc1)N1CC[C@@H](Oc2ccc(-c3noc(C(F)(F)F)n3)cn2)C1. The summed E-state index contributed by atoms with van der Waals surface area (Å²) in [5, 5.41) is 3.30. The van der Waals surface area contributed by atoms with Crippen molar-refractivity contribution in [3.8, 4) is 17.3 Å². The van der Waals surface area contributed by atoms with Crippen molar-refractivity contribution in [2.24, 2.45) is 0 Å². The highest BCUT2D eigenvalue weighted by atomic mass is 32.2. The van der Waals surface area contributed by atoms with Crippen LogP contribution in [0.5, 0.6) is 5.88 Å². The van der Waals surface area contributed by atoms with Crippen LogP contribution in [0.1, 0.15) is 17.9 Å². The number of hydrogen-bond acceptors (Lipinski definition) is 7. The van der Waals surface area contributed by atoms with E-state index in [1.807, 2.05) is 6.07 Å². The van der Waals surface area contributed by atoms with Gasteiger partial charge in [-0.05, 0) is 18.1 Å². The highest BCUT2D eigenvalue weighted by molar-refractivity contribution is 7.88. The lowest BCUT2D eigenvalue weighted by atomic mass is 10.2. The van der Waals surface area contributed by atoms with Crippen LogP contribution in [0.4, 0.5) is 13.2 Å². The van der Waals surface area contributed by atoms with Crippen molar-refractivity contribution in [2.45, 2.75) is 24.5 Å². The van der Waals surface area contributed by atoms with Gasteiger partial charge in [-0.3, -0.25) is 0 Å². The van der Waals surface area contributed by atoms with E-state index in [1.165, 1.54) is 22.6 Å². The molecule has 2 aromatic heterocycles. The van der Waals surface area contributed by atoms with Gasteiger partial charge in [0.15, 0.2) is 0 Å². The van der Waals surface area contributed by atoms with Crippen molar-refractivity contribution in [3.63, 3.8) is 0 Å². The number of hydrogen-bond donors (Lipinski definition) is 0. The van der Waals surface area contributed by atoms with Crippen LogP contribution in [0.3, 0.4) is 0 Å². The normalized spacial score (nSPS) is 17.7. The first-order valence-electron chi connectivity index (χ1n) is 9.26. The first-order chi connectivity index (χ1) is 14.7. The average Bonchev–Trinajstić information content (AvgIpc) is 3.39. The molecule has 4 rings (SSSR count). The Morgan fingerprint density at radius 1 is 1.16 bits per heavy atom. The van der Waals surface area contributed by atoms with Gasteiger partial charge in [-0.25, -0.2) is 13.4 Å².